The maximum Gasteiger partial charge on any atom is 0.307 e. The first-order valence-electron chi connectivity index (χ1n) is 40.6. The van der Waals surface area contributed by atoms with Crippen molar-refractivity contribution in [3.63, 3.8) is 0 Å². The summed E-state index contributed by atoms with van der Waals surface area (Å²) in [4.78, 5) is 126. The van der Waals surface area contributed by atoms with Gasteiger partial charge in [0.05, 0.1) is 95.8 Å². The number of amides is 4. The molecule has 4 saturated carbocycles. The number of pyridine rings is 2. The first-order valence-corrected chi connectivity index (χ1v) is 43.6. The topological polar surface area (TPSA) is 335 Å². The number of carbonyl (C=O) groups is 8. The van der Waals surface area contributed by atoms with Gasteiger partial charge in [-0.3, -0.25) is 47.8 Å². The first-order chi connectivity index (χ1) is 53.7. The Morgan fingerprint density at radius 2 is 0.886 bits per heavy atom. The number of Topliss-reactive ketones (excluding diaryl/α,β-unsaturated/α-hetero) is 2. The summed E-state index contributed by atoms with van der Waals surface area (Å²) in [5.41, 5.74) is -4.06. The van der Waals surface area contributed by atoms with Crippen molar-refractivity contribution in [3.05, 3.63) is 85.2 Å². The largest absolute Gasteiger partial charge is 0.489 e. The molecule has 4 aliphatic heterocycles. The van der Waals surface area contributed by atoms with Gasteiger partial charge in [-0.25, -0.2) is 26.8 Å². The number of carbonyl (C=O) groups excluding carboxylic acids is 8. The van der Waals surface area contributed by atoms with Gasteiger partial charge in [-0.05, 0) is 180 Å². The summed E-state index contributed by atoms with van der Waals surface area (Å²) in [5, 5.41) is 2.92. The minimum absolute atomic E-state index is 0.0414. The van der Waals surface area contributed by atoms with Crippen LogP contribution in [0.1, 0.15) is 199 Å². The Labute approximate surface area is 671 Å². The molecule has 0 unspecified atom stereocenters. The Balaban J connectivity index is 0.000000225. The second-order valence-electron chi connectivity index (χ2n) is 36.0. The second-order valence-corrected chi connectivity index (χ2v) is 40.4. The summed E-state index contributed by atoms with van der Waals surface area (Å²) in [6.07, 6.45) is 16.0. The zero-order chi connectivity index (χ0) is 82.7. The third kappa shape index (κ3) is 20.5. The summed E-state index contributed by atoms with van der Waals surface area (Å²) in [6, 6.07) is 13.0. The van der Waals surface area contributed by atoms with Gasteiger partial charge in [-0.1, -0.05) is 88.4 Å². The highest BCUT2D eigenvalue weighted by Crippen LogP contribution is 2.59. The molecule has 8 aliphatic rings. The lowest BCUT2D eigenvalue weighted by atomic mass is 9.82. The minimum atomic E-state index is -3.96. The third-order valence-electron chi connectivity index (χ3n) is 24.3. The molecular weight excluding hydrogens is 1500 g/mol. The van der Waals surface area contributed by atoms with Crippen LogP contribution in [0, 0.1) is 58.2 Å². The summed E-state index contributed by atoms with van der Waals surface area (Å²) >= 11 is 0. The fourth-order valence-electron chi connectivity index (χ4n) is 16.8. The van der Waals surface area contributed by atoms with E-state index in [-0.39, 0.29) is 111 Å². The number of methoxy groups -OCH3 is 2. The summed E-state index contributed by atoms with van der Waals surface area (Å²) in [6.45, 7) is 23.6. The number of fused-ring (bicyclic) bond motifs is 6. The number of nitrogens with zero attached hydrogens (tertiary/aromatic N) is 4. The molecular formula is C86H118N6O20S2. The number of sulfonamides is 2. The number of rotatable bonds is 22. The molecule has 0 bridgehead atoms. The van der Waals surface area contributed by atoms with Gasteiger partial charge in [0, 0.05) is 61.4 Å². The van der Waals surface area contributed by atoms with Crippen LogP contribution in [-0.4, -0.2) is 182 Å². The monoisotopic (exact) mass is 1620 g/mol. The van der Waals surface area contributed by atoms with E-state index in [2.05, 4.69) is 33.3 Å². The van der Waals surface area contributed by atoms with E-state index < -0.39 is 111 Å². The molecule has 28 heteroatoms. The lowest BCUT2D eigenvalue weighted by Crippen LogP contribution is -2.48. The van der Waals surface area contributed by atoms with Crippen molar-refractivity contribution < 1.29 is 93.1 Å². The average Bonchev–Trinajstić information content (AvgIpc) is 1.57. The van der Waals surface area contributed by atoms with Crippen LogP contribution < -0.4 is 28.4 Å². The molecule has 0 spiro atoms. The highest BCUT2D eigenvalue weighted by Gasteiger charge is 2.65. The Morgan fingerprint density at radius 3 is 1.23 bits per heavy atom. The number of aromatic nitrogens is 2. The van der Waals surface area contributed by atoms with E-state index in [0.29, 0.717) is 125 Å². The van der Waals surface area contributed by atoms with E-state index in [1.54, 1.807) is 82.0 Å². The van der Waals surface area contributed by atoms with Gasteiger partial charge in [0.1, 0.15) is 48.1 Å². The van der Waals surface area contributed by atoms with Crippen molar-refractivity contribution in [2.75, 3.05) is 53.7 Å². The van der Waals surface area contributed by atoms with Gasteiger partial charge in [-0.2, -0.15) is 0 Å². The van der Waals surface area contributed by atoms with Crippen LogP contribution in [0.2, 0.25) is 0 Å². The molecule has 14 atom stereocenters. The van der Waals surface area contributed by atoms with E-state index in [0.717, 1.165) is 23.6 Å². The molecule has 2 N–H and O–H groups in total. The highest BCUT2D eigenvalue weighted by atomic mass is 32.2. The molecule has 2 saturated heterocycles. The second kappa shape index (κ2) is 35.0. The molecule has 0 radical (unpaired) electrons. The van der Waals surface area contributed by atoms with Gasteiger partial charge < -0.3 is 47.7 Å². The van der Waals surface area contributed by atoms with Crippen LogP contribution in [0.3, 0.4) is 0 Å². The summed E-state index contributed by atoms with van der Waals surface area (Å²) < 4.78 is 102. The summed E-state index contributed by atoms with van der Waals surface area (Å²) in [5.74, 6) is -4.32. The van der Waals surface area contributed by atoms with Crippen molar-refractivity contribution in [2.45, 2.75) is 244 Å². The normalized spacial score (nSPS) is 29.6. The van der Waals surface area contributed by atoms with Crippen molar-refractivity contribution in [2.24, 2.45) is 58.2 Å². The number of ketones is 2. The molecule has 114 heavy (non-hydrogen) atoms. The predicted octanol–water partition coefficient (Wildman–Crippen LogP) is 11.9. The Bertz CT molecular complexity index is 4260. The summed E-state index contributed by atoms with van der Waals surface area (Å²) in [7, 11) is -4.73. The molecule has 4 aromatic rings. The van der Waals surface area contributed by atoms with E-state index in [1.165, 1.54) is 9.80 Å². The van der Waals surface area contributed by atoms with Crippen molar-refractivity contribution in [1.82, 2.24) is 29.2 Å². The van der Waals surface area contributed by atoms with Crippen molar-refractivity contribution in [1.29, 1.82) is 0 Å². The van der Waals surface area contributed by atoms with Gasteiger partial charge in [0.2, 0.25) is 55.4 Å². The maximum absolute atomic E-state index is 14.9. The standard InChI is InChI=1S/2C43H59N3O10S/c2*1-27-12-8-9-13-29-23-43(29,40(50)45-57(51,52)42(6)16-17-42)24-35(47)34-21-30(26-46(34)39(49)33(28(2)20-27)22-37(48)56-41(3,4)5)55-38-32-15-11-10-14-31(32)36(25-44-38)54-19-18-53-7/h2*9-11,13-15,25,27-30,33-34H,8,12,16-24,26H2,1-7H3,(H,45,50)/b2*13-9-/t27-,28+,29+,30+,33-,34-,43+;27-,28-,29-,30-,33+,34+,43-/m01/s1. The number of nitrogens with one attached hydrogen (secondary N) is 2. The number of esters is 2. The molecule has 6 fully saturated rings. The zero-order valence-electron chi connectivity index (χ0n) is 68.8. The van der Waals surface area contributed by atoms with Crippen molar-refractivity contribution >= 4 is 88.7 Å². The van der Waals surface area contributed by atoms with Gasteiger partial charge in [0.15, 0.2) is 11.6 Å². The Morgan fingerprint density at radius 1 is 0.526 bits per heavy atom. The van der Waals surface area contributed by atoms with Crippen molar-refractivity contribution in [3.8, 4) is 23.3 Å². The zero-order valence-corrected chi connectivity index (χ0v) is 70.4. The van der Waals surface area contributed by atoms with Gasteiger partial charge >= 0.3 is 11.9 Å². The number of hydrogen-bond donors (Lipinski definition) is 2. The van der Waals surface area contributed by atoms with Gasteiger partial charge in [-0.15, -0.1) is 0 Å². The van der Waals surface area contributed by atoms with Crippen LogP contribution in [-0.2, 0) is 77.4 Å². The van der Waals surface area contributed by atoms with Gasteiger partial charge in [0.25, 0.3) is 0 Å². The molecule has 4 amide bonds. The number of allylic oxidation sites excluding steroid dienone is 4. The molecule has 6 heterocycles. The van der Waals surface area contributed by atoms with E-state index in [1.807, 2.05) is 86.7 Å². The van der Waals surface area contributed by atoms with Crippen LogP contribution >= 0.6 is 0 Å². The minimum Gasteiger partial charge on any atom is -0.489 e. The number of benzene rings is 2. The smallest absolute Gasteiger partial charge is 0.307 e. The fraction of sp³-hybridized carbons (Fsp3) is 0.651. The molecule has 26 nitrogen and oxygen atoms in total. The molecule has 2 aromatic carbocycles. The van der Waals surface area contributed by atoms with E-state index in [9.17, 15) is 55.2 Å². The molecule has 624 valence electrons. The lowest BCUT2D eigenvalue weighted by molar-refractivity contribution is -0.160. The quantitative estimate of drug-likeness (QED) is 0.0419. The average molecular weight is 1620 g/mol. The van der Waals surface area contributed by atoms with Crippen LogP contribution in [0.25, 0.3) is 21.5 Å². The number of ether oxygens (including phenoxy) is 8. The van der Waals surface area contributed by atoms with Crippen LogP contribution in [0.4, 0.5) is 0 Å². The fourth-order valence-corrected chi connectivity index (χ4v) is 19.4. The first kappa shape index (κ1) is 86.8. The SMILES string of the molecule is COCCOc1cnc(O[C@@H]2C[C@H]3C(=O)C[C@]4(C(=O)NS(=O)(=O)C5(C)CC5)C[C@H]4/C=C\CC[C@@H](C)C[C@@H](C)[C@H](CC(=O)OC(C)(C)C)C(=O)N3C2)c2ccccc12.COCCOc1cnc(O[C@@H]2C[C@H]3C(=O)C[C@]4(C(=O)NS(=O)(=O)C5(C)CC5)C[C@H]4/C=C\CC[C@H](C)C[C@@H](C)[C@H](CC(=O)OC(C)(C)C)C(=O)N3C2)c2ccccc12. The Hall–Kier alpha value is -8.08. The Kier molecular flexibility index (Phi) is 26.6. The van der Waals surface area contributed by atoms with Crippen LogP contribution in [0.15, 0.2) is 85.2 Å². The van der Waals surface area contributed by atoms with E-state index >= 15 is 0 Å². The predicted molar refractivity (Wildman–Crippen MR) is 428 cm³/mol. The molecule has 4 aliphatic carbocycles. The maximum atomic E-state index is 14.9. The van der Waals surface area contributed by atoms with E-state index in [4.69, 9.17) is 37.9 Å². The lowest BCUT2D eigenvalue weighted by Gasteiger charge is -2.32. The van der Waals surface area contributed by atoms with Crippen LogP contribution in [0.5, 0.6) is 23.3 Å². The molecule has 2 aromatic heterocycles. The number of hydrogen-bond acceptors (Lipinski definition) is 22. The highest BCUT2D eigenvalue weighted by molar-refractivity contribution is 7.92. The third-order valence-corrected chi connectivity index (χ3v) is 28.6. The molecule has 12 rings (SSSR count).